The fraction of sp³-hybridized carbons (Fsp3) is 0.455. The van der Waals surface area contributed by atoms with Crippen molar-refractivity contribution < 1.29 is 0 Å². The first-order valence-corrected chi connectivity index (χ1v) is 7.78. The molecule has 0 saturated carbocycles. The molecule has 2 aromatic rings. The van der Waals surface area contributed by atoms with Crippen molar-refractivity contribution in [3.05, 3.63) is 11.9 Å². The summed E-state index contributed by atoms with van der Waals surface area (Å²) in [5.74, 6) is 6.17. The third-order valence-electron chi connectivity index (χ3n) is 2.50. The fourth-order valence-corrected chi connectivity index (χ4v) is 3.39. The van der Waals surface area contributed by atoms with Crippen LogP contribution in [0.25, 0.3) is 0 Å². The topological polar surface area (TPSA) is 92.8 Å². The van der Waals surface area contributed by atoms with E-state index in [-0.39, 0.29) is 0 Å². The largest absolute Gasteiger partial charge is 0.353 e. The summed E-state index contributed by atoms with van der Waals surface area (Å²) in [6.45, 7) is 2.11. The van der Waals surface area contributed by atoms with E-state index in [1.165, 1.54) is 29.4 Å². The quantitative estimate of drug-likeness (QED) is 0.474. The molecule has 20 heavy (non-hydrogen) atoms. The summed E-state index contributed by atoms with van der Waals surface area (Å²) >= 11 is 3.02. The maximum Gasteiger partial charge on any atom is 0.208 e. The van der Waals surface area contributed by atoms with Gasteiger partial charge in [0.15, 0.2) is 4.34 Å². The van der Waals surface area contributed by atoms with E-state index in [2.05, 4.69) is 32.5 Å². The predicted octanol–water partition coefficient (Wildman–Crippen LogP) is 1.78. The van der Waals surface area contributed by atoms with Gasteiger partial charge in [0.2, 0.25) is 5.13 Å². The molecule has 0 aromatic carbocycles. The molecule has 0 unspecified atom stereocenters. The number of aromatic nitrogens is 4. The Balaban J connectivity index is 2.27. The van der Waals surface area contributed by atoms with Gasteiger partial charge in [0.25, 0.3) is 0 Å². The van der Waals surface area contributed by atoms with Crippen LogP contribution in [0.2, 0.25) is 0 Å². The normalized spacial score (nSPS) is 10.6. The molecular weight excluding hydrogens is 294 g/mol. The molecule has 0 saturated heterocycles. The second kappa shape index (κ2) is 6.82. The maximum absolute atomic E-state index is 5.51. The van der Waals surface area contributed by atoms with Crippen molar-refractivity contribution in [1.82, 2.24) is 20.2 Å². The third kappa shape index (κ3) is 3.35. The highest BCUT2D eigenvalue weighted by atomic mass is 32.2. The van der Waals surface area contributed by atoms with Crippen LogP contribution in [0.1, 0.15) is 18.9 Å². The van der Waals surface area contributed by atoms with Crippen molar-refractivity contribution in [3.63, 3.8) is 0 Å². The number of nitrogens with zero attached hydrogens (tertiary/aromatic N) is 5. The minimum atomic E-state index is 0.668. The second-order valence-electron chi connectivity index (χ2n) is 4.25. The van der Waals surface area contributed by atoms with E-state index in [0.717, 1.165) is 32.9 Å². The van der Waals surface area contributed by atoms with Gasteiger partial charge in [-0.3, -0.25) is 0 Å². The summed E-state index contributed by atoms with van der Waals surface area (Å²) in [5.41, 5.74) is 3.64. The summed E-state index contributed by atoms with van der Waals surface area (Å²) < 4.78 is 0.854. The molecule has 0 radical (unpaired) electrons. The average Bonchev–Trinajstić information content (AvgIpc) is 2.89. The van der Waals surface area contributed by atoms with Gasteiger partial charge in [0, 0.05) is 19.7 Å². The van der Waals surface area contributed by atoms with Crippen LogP contribution in [0.4, 0.5) is 10.9 Å². The van der Waals surface area contributed by atoms with E-state index in [1.807, 2.05) is 19.0 Å². The molecule has 3 N–H and O–H groups in total. The highest BCUT2D eigenvalue weighted by Crippen LogP contribution is 2.35. The number of nitrogens with one attached hydrogen (secondary N) is 1. The Kier molecular flexibility index (Phi) is 5.10. The van der Waals surface area contributed by atoms with Crippen LogP contribution >= 0.6 is 23.1 Å². The molecule has 0 bridgehead atoms. The highest BCUT2D eigenvalue weighted by Gasteiger charge is 2.14. The molecule has 2 heterocycles. The van der Waals surface area contributed by atoms with Gasteiger partial charge in [-0.25, -0.2) is 15.8 Å². The molecule has 0 spiro atoms. The van der Waals surface area contributed by atoms with Gasteiger partial charge in [-0.05, 0) is 18.2 Å². The maximum atomic E-state index is 5.51. The van der Waals surface area contributed by atoms with Gasteiger partial charge in [-0.1, -0.05) is 24.7 Å². The molecule has 0 aliphatic carbocycles. The molecular formula is C11H17N7S2. The number of hydrogen-bond acceptors (Lipinski definition) is 9. The van der Waals surface area contributed by atoms with Crippen LogP contribution in [-0.4, -0.2) is 34.3 Å². The Labute approximate surface area is 126 Å². The number of nitrogen functional groups attached to an aromatic ring is 1. The molecule has 9 heteroatoms. The molecule has 0 atom stereocenters. The lowest BCUT2D eigenvalue weighted by molar-refractivity contribution is 0.855. The van der Waals surface area contributed by atoms with Crippen LogP contribution < -0.4 is 16.2 Å². The van der Waals surface area contributed by atoms with Crippen molar-refractivity contribution in [2.24, 2.45) is 5.84 Å². The average molecular weight is 311 g/mol. The Morgan fingerprint density at radius 1 is 1.35 bits per heavy atom. The third-order valence-corrected chi connectivity index (χ3v) is 4.69. The number of anilines is 2. The van der Waals surface area contributed by atoms with E-state index in [9.17, 15) is 0 Å². The summed E-state index contributed by atoms with van der Waals surface area (Å²) in [4.78, 5) is 10.4. The molecule has 2 aromatic heterocycles. The predicted molar refractivity (Wildman–Crippen MR) is 82.2 cm³/mol. The minimum Gasteiger partial charge on any atom is -0.353 e. The lowest BCUT2D eigenvalue weighted by Crippen LogP contribution is -2.12. The smallest absolute Gasteiger partial charge is 0.208 e. The van der Waals surface area contributed by atoms with E-state index in [4.69, 9.17) is 5.84 Å². The van der Waals surface area contributed by atoms with Gasteiger partial charge >= 0.3 is 0 Å². The van der Waals surface area contributed by atoms with Crippen molar-refractivity contribution >= 4 is 34.0 Å². The number of hydrazine groups is 1. The van der Waals surface area contributed by atoms with Gasteiger partial charge in [0.1, 0.15) is 17.2 Å². The molecule has 108 valence electrons. The van der Waals surface area contributed by atoms with Crippen molar-refractivity contribution in [3.8, 4) is 0 Å². The second-order valence-corrected chi connectivity index (χ2v) is 6.44. The zero-order valence-electron chi connectivity index (χ0n) is 11.6. The van der Waals surface area contributed by atoms with Crippen molar-refractivity contribution in [2.45, 2.75) is 29.1 Å². The summed E-state index contributed by atoms with van der Waals surface area (Å²) in [5, 5.41) is 10.0. The van der Waals surface area contributed by atoms with E-state index < -0.39 is 0 Å². The van der Waals surface area contributed by atoms with E-state index in [0.29, 0.717) is 5.82 Å². The fourth-order valence-electron chi connectivity index (χ4n) is 1.59. The summed E-state index contributed by atoms with van der Waals surface area (Å²) in [6.07, 6.45) is 3.36. The Hall–Kier alpha value is -1.45. The van der Waals surface area contributed by atoms with Gasteiger partial charge < -0.3 is 10.3 Å². The highest BCUT2D eigenvalue weighted by molar-refractivity contribution is 8.01. The van der Waals surface area contributed by atoms with Crippen molar-refractivity contribution in [1.29, 1.82) is 0 Å². The molecule has 7 nitrogen and oxygen atoms in total. The molecule has 2 rings (SSSR count). The first kappa shape index (κ1) is 14.9. The van der Waals surface area contributed by atoms with Crippen LogP contribution in [0.3, 0.4) is 0 Å². The molecule has 0 fully saturated rings. The minimum absolute atomic E-state index is 0.668. The van der Waals surface area contributed by atoms with Gasteiger partial charge in [-0.2, -0.15) is 0 Å². The first-order chi connectivity index (χ1) is 9.65. The lowest BCUT2D eigenvalue weighted by atomic mass is 10.2. The Morgan fingerprint density at radius 2 is 2.15 bits per heavy atom. The van der Waals surface area contributed by atoms with E-state index >= 15 is 0 Å². The lowest BCUT2D eigenvalue weighted by Gasteiger charge is -2.09. The SMILES string of the molecule is CCCc1c(NN)ncnc1Sc1nnc(N(C)C)s1. The number of hydrogen-bond donors (Lipinski definition) is 2. The summed E-state index contributed by atoms with van der Waals surface area (Å²) in [6, 6.07) is 0. The zero-order chi connectivity index (χ0) is 14.5. The molecule has 0 amide bonds. The van der Waals surface area contributed by atoms with Crippen LogP contribution in [-0.2, 0) is 6.42 Å². The monoisotopic (exact) mass is 311 g/mol. The molecule has 0 aliphatic heterocycles. The standard InChI is InChI=1S/C11H17N7S2/c1-4-5-7-8(15-12)13-6-14-9(7)19-11-17-16-10(20-11)18(2)3/h6H,4-5,12H2,1-3H3,(H,13,14,15). The van der Waals surface area contributed by atoms with Crippen LogP contribution in [0, 0.1) is 0 Å². The first-order valence-electron chi connectivity index (χ1n) is 6.14. The van der Waals surface area contributed by atoms with Crippen molar-refractivity contribution in [2.75, 3.05) is 24.4 Å². The summed E-state index contributed by atoms with van der Waals surface area (Å²) in [7, 11) is 3.89. The Bertz CT molecular complexity index is 570. The van der Waals surface area contributed by atoms with Gasteiger partial charge in [0.05, 0.1) is 0 Å². The number of rotatable bonds is 6. The van der Waals surface area contributed by atoms with Crippen LogP contribution in [0.15, 0.2) is 15.7 Å². The van der Waals surface area contributed by atoms with E-state index in [1.54, 1.807) is 0 Å². The Morgan fingerprint density at radius 3 is 2.75 bits per heavy atom. The van der Waals surface area contributed by atoms with Crippen LogP contribution in [0.5, 0.6) is 0 Å². The van der Waals surface area contributed by atoms with Gasteiger partial charge in [-0.15, -0.1) is 10.2 Å². The number of nitrogens with two attached hydrogens (primary N) is 1. The zero-order valence-corrected chi connectivity index (χ0v) is 13.3. The molecule has 0 aliphatic rings.